The van der Waals surface area contributed by atoms with Crippen molar-refractivity contribution in [3.63, 3.8) is 0 Å². The van der Waals surface area contributed by atoms with Crippen molar-refractivity contribution in [2.24, 2.45) is 0 Å². The third-order valence-electron chi connectivity index (χ3n) is 3.17. The molecule has 1 aliphatic heterocycles. The Balaban J connectivity index is 2.47. The van der Waals surface area contributed by atoms with E-state index in [0.717, 1.165) is 5.06 Å². The predicted molar refractivity (Wildman–Crippen MR) is 79.9 cm³/mol. The Bertz CT molecular complexity index is 593. The number of hydroxylamine groups is 2. The van der Waals surface area contributed by atoms with Crippen LogP contribution in [0.2, 0.25) is 10.0 Å². The number of nitrogens with zero attached hydrogens (tertiary/aromatic N) is 1. The fourth-order valence-electron chi connectivity index (χ4n) is 2.14. The summed E-state index contributed by atoms with van der Waals surface area (Å²) in [7, 11) is 1.44. The van der Waals surface area contributed by atoms with Gasteiger partial charge >= 0.3 is 0 Å². The van der Waals surface area contributed by atoms with Crippen molar-refractivity contribution >= 4 is 34.7 Å². The third kappa shape index (κ3) is 2.87. The zero-order chi connectivity index (χ0) is 15.8. The summed E-state index contributed by atoms with van der Waals surface area (Å²) in [6.45, 7) is 3.22. The molecule has 0 saturated heterocycles. The van der Waals surface area contributed by atoms with Crippen LogP contribution in [0.3, 0.4) is 0 Å². The molecule has 1 amide bonds. The lowest BCUT2D eigenvalue weighted by atomic mass is 9.99. The highest BCUT2D eigenvalue weighted by Gasteiger charge is 2.47. The normalized spacial score (nSPS) is 17.8. The summed E-state index contributed by atoms with van der Waals surface area (Å²) in [4.78, 5) is 17.8. The highest BCUT2D eigenvalue weighted by Crippen LogP contribution is 2.39. The van der Waals surface area contributed by atoms with Crippen LogP contribution in [-0.4, -0.2) is 35.5 Å². The van der Waals surface area contributed by atoms with Gasteiger partial charge in [-0.25, -0.2) is 9.90 Å². The quantitative estimate of drug-likeness (QED) is 0.859. The minimum atomic E-state index is -1.01. The molecular weight excluding hydrogens is 317 g/mol. The minimum Gasteiger partial charge on any atom is -0.509 e. The molecule has 0 bridgehead atoms. The van der Waals surface area contributed by atoms with Gasteiger partial charge in [-0.1, -0.05) is 23.2 Å². The molecule has 0 spiro atoms. The average molecular weight is 332 g/mol. The first kappa shape index (κ1) is 16.1. The van der Waals surface area contributed by atoms with Gasteiger partial charge in [0.05, 0.1) is 5.57 Å². The number of benzene rings is 1. The van der Waals surface area contributed by atoms with Crippen LogP contribution in [0.15, 0.2) is 24.0 Å². The number of rotatable bonds is 4. The van der Waals surface area contributed by atoms with Crippen LogP contribution in [0.1, 0.15) is 19.4 Å². The van der Waals surface area contributed by atoms with Crippen molar-refractivity contribution in [2.45, 2.75) is 19.4 Å². The van der Waals surface area contributed by atoms with Crippen molar-refractivity contribution in [3.8, 4) is 0 Å². The summed E-state index contributed by atoms with van der Waals surface area (Å²) in [5.41, 5.74) is -0.466. The van der Waals surface area contributed by atoms with Crippen LogP contribution >= 0.6 is 23.2 Å². The molecule has 114 valence electrons. The number of hydrogen-bond donors (Lipinski definition) is 1. The Kier molecular flexibility index (Phi) is 4.49. The molecule has 0 aromatic heterocycles. The molecule has 7 heteroatoms. The monoisotopic (exact) mass is 331 g/mol. The Morgan fingerprint density at radius 3 is 2.33 bits per heavy atom. The fourth-order valence-corrected chi connectivity index (χ4v) is 2.67. The number of halogens is 2. The summed E-state index contributed by atoms with van der Waals surface area (Å²) in [5.74, 6) is -0.588. The van der Waals surface area contributed by atoms with Crippen LogP contribution in [0.5, 0.6) is 0 Å². The van der Waals surface area contributed by atoms with E-state index < -0.39 is 11.4 Å². The van der Waals surface area contributed by atoms with E-state index in [2.05, 4.69) is 0 Å². The molecule has 1 heterocycles. The third-order valence-corrected chi connectivity index (χ3v) is 3.61. The van der Waals surface area contributed by atoms with Gasteiger partial charge in [-0.15, -0.1) is 0 Å². The largest absolute Gasteiger partial charge is 0.509 e. The van der Waals surface area contributed by atoms with Gasteiger partial charge in [0.25, 0.3) is 5.91 Å². The summed E-state index contributed by atoms with van der Waals surface area (Å²) in [6, 6.07) is 4.67. The number of ether oxygens (including phenoxy) is 1. The Morgan fingerprint density at radius 1 is 1.24 bits per heavy atom. The molecule has 21 heavy (non-hydrogen) atoms. The van der Waals surface area contributed by atoms with Gasteiger partial charge in [-0.05, 0) is 37.6 Å². The summed E-state index contributed by atoms with van der Waals surface area (Å²) < 4.78 is 4.80. The standard InChI is InChI=1S/C14H15Cl2NO4/c1-14(2)12(18)11(13(19)17(14)21-7-20-3)8-4-9(15)6-10(16)5-8/h4-6,18H,7H2,1-3H3. The fraction of sp³-hybridized carbons (Fsp3) is 0.357. The van der Waals surface area contributed by atoms with Crippen molar-refractivity contribution in [1.82, 2.24) is 5.06 Å². The van der Waals surface area contributed by atoms with Gasteiger partial charge in [0, 0.05) is 17.2 Å². The topological polar surface area (TPSA) is 59.0 Å². The predicted octanol–water partition coefficient (Wildman–Crippen LogP) is 3.42. The van der Waals surface area contributed by atoms with E-state index >= 15 is 0 Å². The van der Waals surface area contributed by atoms with Crippen LogP contribution < -0.4 is 0 Å². The number of aliphatic hydroxyl groups excluding tert-OH is 1. The highest BCUT2D eigenvalue weighted by atomic mass is 35.5. The van der Waals surface area contributed by atoms with E-state index in [1.165, 1.54) is 7.11 Å². The van der Waals surface area contributed by atoms with Gasteiger partial charge in [-0.3, -0.25) is 4.79 Å². The zero-order valence-electron chi connectivity index (χ0n) is 11.8. The Hall–Kier alpha value is -1.27. The molecule has 5 nitrogen and oxygen atoms in total. The van der Waals surface area contributed by atoms with Crippen LogP contribution in [-0.2, 0) is 14.4 Å². The van der Waals surface area contributed by atoms with Crippen molar-refractivity contribution in [2.75, 3.05) is 13.9 Å². The van der Waals surface area contributed by atoms with Crippen LogP contribution in [0.4, 0.5) is 0 Å². The first-order valence-electron chi connectivity index (χ1n) is 6.15. The van der Waals surface area contributed by atoms with Crippen LogP contribution in [0.25, 0.3) is 5.57 Å². The number of carbonyl (C=O) groups excluding carboxylic acids is 1. The SMILES string of the molecule is COCON1C(=O)C(c2cc(Cl)cc(Cl)c2)=C(O)C1(C)C. The van der Waals surface area contributed by atoms with E-state index in [1.54, 1.807) is 32.0 Å². The lowest BCUT2D eigenvalue weighted by molar-refractivity contribution is -0.238. The van der Waals surface area contributed by atoms with Gasteiger partial charge < -0.3 is 9.84 Å². The Labute approximate surface area is 132 Å². The molecule has 1 aromatic carbocycles. The molecule has 1 aromatic rings. The van der Waals surface area contributed by atoms with Gasteiger partial charge in [0.15, 0.2) is 6.79 Å². The molecule has 0 saturated carbocycles. The molecular formula is C14H15Cl2NO4. The number of carbonyl (C=O) groups is 1. The summed E-state index contributed by atoms with van der Waals surface area (Å²) >= 11 is 11.9. The molecule has 2 rings (SSSR count). The van der Waals surface area contributed by atoms with Gasteiger partial charge in [0.2, 0.25) is 0 Å². The van der Waals surface area contributed by atoms with E-state index in [9.17, 15) is 9.90 Å². The van der Waals surface area contributed by atoms with Crippen molar-refractivity contribution in [1.29, 1.82) is 0 Å². The molecule has 0 aliphatic carbocycles. The maximum atomic E-state index is 12.5. The second-order valence-electron chi connectivity index (χ2n) is 5.08. The molecule has 1 N–H and O–H groups in total. The second kappa shape index (κ2) is 5.85. The maximum absolute atomic E-state index is 12.5. The minimum absolute atomic E-state index is 0.105. The Morgan fingerprint density at radius 2 is 1.81 bits per heavy atom. The maximum Gasteiger partial charge on any atom is 0.282 e. The smallest absolute Gasteiger partial charge is 0.282 e. The number of hydrogen-bond acceptors (Lipinski definition) is 4. The molecule has 0 radical (unpaired) electrons. The molecule has 1 aliphatic rings. The highest BCUT2D eigenvalue weighted by molar-refractivity contribution is 6.35. The lowest BCUT2D eigenvalue weighted by Crippen LogP contribution is -2.43. The number of aliphatic hydroxyl groups is 1. The zero-order valence-corrected chi connectivity index (χ0v) is 13.3. The molecule has 0 unspecified atom stereocenters. The number of amides is 1. The second-order valence-corrected chi connectivity index (χ2v) is 5.95. The average Bonchev–Trinajstić information content (AvgIpc) is 2.53. The summed E-state index contributed by atoms with van der Waals surface area (Å²) in [6.07, 6.45) is 0. The number of methoxy groups -OCH3 is 1. The lowest BCUT2D eigenvalue weighted by Gasteiger charge is -2.30. The van der Waals surface area contributed by atoms with Gasteiger partial charge in [-0.2, -0.15) is 0 Å². The first-order valence-corrected chi connectivity index (χ1v) is 6.91. The summed E-state index contributed by atoms with van der Waals surface area (Å²) in [5, 5.41) is 12.2. The van der Waals surface area contributed by atoms with Crippen molar-refractivity contribution < 1.29 is 19.5 Å². The van der Waals surface area contributed by atoms with Crippen LogP contribution in [0, 0.1) is 0 Å². The van der Waals surface area contributed by atoms with Crippen molar-refractivity contribution in [3.05, 3.63) is 39.6 Å². The molecule has 0 atom stereocenters. The molecule has 0 fully saturated rings. The van der Waals surface area contributed by atoms with E-state index in [1.807, 2.05) is 0 Å². The van der Waals surface area contributed by atoms with E-state index in [0.29, 0.717) is 15.6 Å². The first-order chi connectivity index (χ1) is 9.78. The van der Waals surface area contributed by atoms with Gasteiger partial charge in [0.1, 0.15) is 11.3 Å². The van der Waals surface area contributed by atoms with E-state index in [4.69, 9.17) is 32.8 Å². The van der Waals surface area contributed by atoms with E-state index in [-0.39, 0.29) is 18.1 Å².